The van der Waals surface area contributed by atoms with E-state index in [1.54, 1.807) is 32.2 Å². The summed E-state index contributed by atoms with van der Waals surface area (Å²) in [6.45, 7) is 1.63. The largest absolute Gasteiger partial charge is 0.496 e. The molecular formula is C10H14ClNO2. The van der Waals surface area contributed by atoms with Gasteiger partial charge in [0.15, 0.2) is 0 Å². The molecule has 0 aliphatic carbocycles. The minimum Gasteiger partial charge on any atom is -0.496 e. The van der Waals surface area contributed by atoms with Gasteiger partial charge in [-0.2, -0.15) is 0 Å². The molecule has 0 spiro atoms. The van der Waals surface area contributed by atoms with E-state index in [0.717, 1.165) is 5.56 Å². The summed E-state index contributed by atoms with van der Waals surface area (Å²) < 4.78 is 5.12. The first-order valence-corrected chi connectivity index (χ1v) is 4.71. The van der Waals surface area contributed by atoms with Crippen LogP contribution in [-0.2, 0) is 0 Å². The highest BCUT2D eigenvalue weighted by Gasteiger charge is 2.16. The number of aliphatic hydroxyl groups is 1. The van der Waals surface area contributed by atoms with Crippen LogP contribution in [0.2, 0.25) is 5.02 Å². The van der Waals surface area contributed by atoms with Gasteiger partial charge in [-0.05, 0) is 25.1 Å². The minimum atomic E-state index is -0.637. The molecule has 0 bridgehead atoms. The van der Waals surface area contributed by atoms with Gasteiger partial charge >= 0.3 is 0 Å². The molecule has 2 unspecified atom stereocenters. The van der Waals surface area contributed by atoms with Crippen LogP contribution in [0, 0.1) is 0 Å². The Labute approximate surface area is 88.4 Å². The standard InChI is InChI=1S/C10H14ClNO2/c1-6(13)10(12)8-5-7(11)3-4-9(8)14-2/h3-6,10,13H,12H2,1-2H3. The van der Waals surface area contributed by atoms with E-state index >= 15 is 0 Å². The van der Waals surface area contributed by atoms with E-state index in [4.69, 9.17) is 22.1 Å². The van der Waals surface area contributed by atoms with Crippen LogP contribution in [0.1, 0.15) is 18.5 Å². The normalized spacial score (nSPS) is 14.9. The van der Waals surface area contributed by atoms with Crippen molar-refractivity contribution in [3.05, 3.63) is 28.8 Å². The maximum absolute atomic E-state index is 9.36. The van der Waals surface area contributed by atoms with Crippen molar-refractivity contribution in [2.75, 3.05) is 7.11 Å². The molecule has 0 heterocycles. The maximum atomic E-state index is 9.36. The smallest absolute Gasteiger partial charge is 0.123 e. The number of benzene rings is 1. The molecule has 78 valence electrons. The summed E-state index contributed by atoms with van der Waals surface area (Å²) in [7, 11) is 1.56. The van der Waals surface area contributed by atoms with E-state index in [1.807, 2.05) is 0 Å². The van der Waals surface area contributed by atoms with Gasteiger partial charge in [0, 0.05) is 10.6 Å². The molecule has 1 aromatic rings. The van der Waals surface area contributed by atoms with Gasteiger partial charge in [-0.3, -0.25) is 0 Å². The number of aliphatic hydroxyl groups excluding tert-OH is 1. The molecule has 0 saturated heterocycles. The quantitative estimate of drug-likeness (QED) is 0.808. The molecule has 14 heavy (non-hydrogen) atoms. The second kappa shape index (κ2) is 4.64. The molecule has 1 rings (SSSR count). The summed E-state index contributed by atoms with van der Waals surface area (Å²) in [5, 5.41) is 9.94. The van der Waals surface area contributed by atoms with Crippen LogP contribution < -0.4 is 10.5 Å². The van der Waals surface area contributed by atoms with Crippen LogP contribution >= 0.6 is 11.6 Å². The Morgan fingerprint density at radius 3 is 2.64 bits per heavy atom. The highest BCUT2D eigenvalue weighted by Crippen LogP contribution is 2.28. The zero-order chi connectivity index (χ0) is 10.7. The molecule has 0 fully saturated rings. The van der Waals surface area contributed by atoms with Gasteiger partial charge in [0.25, 0.3) is 0 Å². The molecule has 0 radical (unpaired) electrons. The summed E-state index contributed by atoms with van der Waals surface area (Å²) >= 11 is 5.83. The minimum absolute atomic E-state index is 0.483. The Hall–Kier alpha value is -0.770. The van der Waals surface area contributed by atoms with E-state index < -0.39 is 12.1 Å². The number of nitrogens with two attached hydrogens (primary N) is 1. The monoisotopic (exact) mass is 215 g/mol. The predicted molar refractivity (Wildman–Crippen MR) is 56.6 cm³/mol. The Kier molecular flexibility index (Phi) is 3.75. The fourth-order valence-corrected chi connectivity index (χ4v) is 1.41. The molecule has 3 nitrogen and oxygen atoms in total. The third-order valence-corrected chi connectivity index (χ3v) is 2.31. The number of hydrogen-bond acceptors (Lipinski definition) is 3. The lowest BCUT2D eigenvalue weighted by Crippen LogP contribution is -2.23. The van der Waals surface area contributed by atoms with Gasteiger partial charge in [-0.15, -0.1) is 0 Å². The third kappa shape index (κ3) is 2.38. The summed E-state index contributed by atoms with van der Waals surface area (Å²) in [6.07, 6.45) is -0.637. The van der Waals surface area contributed by atoms with Crippen LogP contribution in [0.15, 0.2) is 18.2 Å². The van der Waals surface area contributed by atoms with Crippen LogP contribution in [-0.4, -0.2) is 18.3 Å². The SMILES string of the molecule is COc1ccc(Cl)cc1C(N)C(C)O. The van der Waals surface area contributed by atoms with Crippen molar-refractivity contribution in [2.24, 2.45) is 5.73 Å². The zero-order valence-corrected chi connectivity index (χ0v) is 8.95. The molecule has 3 N–H and O–H groups in total. The molecule has 0 saturated carbocycles. The molecule has 2 atom stereocenters. The lowest BCUT2D eigenvalue weighted by molar-refractivity contribution is 0.162. The van der Waals surface area contributed by atoms with Gasteiger partial charge in [0.05, 0.1) is 19.3 Å². The van der Waals surface area contributed by atoms with Crippen molar-refractivity contribution in [1.82, 2.24) is 0 Å². The van der Waals surface area contributed by atoms with Crippen molar-refractivity contribution >= 4 is 11.6 Å². The Morgan fingerprint density at radius 2 is 2.14 bits per heavy atom. The summed E-state index contributed by atoms with van der Waals surface area (Å²) in [6, 6.07) is 4.68. The Balaban J connectivity index is 3.10. The van der Waals surface area contributed by atoms with Crippen molar-refractivity contribution in [1.29, 1.82) is 0 Å². The highest BCUT2D eigenvalue weighted by molar-refractivity contribution is 6.30. The second-order valence-electron chi connectivity index (χ2n) is 3.15. The topological polar surface area (TPSA) is 55.5 Å². The molecule has 0 aliphatic rings. The van der Waals surface area contributed by atoms with E-state index in [-0.39, 0.29) is 0 Å². The third-order valence-electron chi connectivity index (χ3n) is 2.07. The molecule has 0 aromatic heterocycles. The van der Waals surface area contributed by atoms with Gasteiger partial charge in [-0.25, -0.2) is 0 Å². The zero-order valence-electron chi connectivity index (χ0n) is 8.20. The Morgan fingerprint density at radius 1 is 1.50 bits per heavy atom. The lowest BCUT2D eigenvalue weighted by Gasteiger charge is -2.18. The Bertz CT molecular complexity index is 315. The summed E-state index contributed by atoms with van der Waals surface area (Å²) in [5.41, 5.74) is 6.51. The first-order valence-electron chi connectivity index (χ1n) is 4.33. The van der Waals surface area contributed by atoms with E-state index in [1.165, 1.54) is 0 Å². The maximum Gasteiger partial charge on any atom is 0.123 e. The number of hydrogen-bond donors (Lipinski definition) is 2. The van der Waals surface area contributed by atoms with Crippen LogP contribution in [0.4, 0.5) is 0 Å². The average molecular weight is 216 g/mol. The summed E-state index contributed by atoms with van der Waals surface area (Å²) in [4.78, 5) is 0. The molecule has 4 heteroatoms. The number of methoxy groups -OCH3 is 1. The van der Waals surface area contributed by atoms with E-state index in [0.29, 0.717) is 10.8 Å². The first-order chi connectivity index (χ1) is 6.56. The fraction of sp³-hybridized carbons (Fsp3) is 0.400. The second-order valence-corrected chi connectivity index (χ2v) is 3.59. The highest BCUT2D eigenvalue weighted by atomic mass is 35.5. The molecule has 0 amide bonds. The van der Waals surface area contributed by atoms with Gasteiger partial charge in [-0.1, -0.05) is 11.6 Å². The summed E-state index contributed by atoms with van der Waals surface area (Å²) in [5.74, 6) is 0.641. The molecule has 0 aliphatic heterocycles. The van der Waals surface area contributed by atoms with Crippen LogP contribution in [0.5, 0.6) is 5.75 Å². The van der Waals surface area contributed by atoms with Crippen LogP contribution in [0.25, 0.3) is 0 Å². The molecule has 1 aromatic carbocycles. The first kappa shape index (κ1) is 11.3. The van der Waals surface area contributed by atoms with Crippen molar-refractivity contribution in [2.45, 2.75) is 19.1 Å². The number of halogens is 1. The predicted octanol–water partition coefficient (Wildman–Crippen LogP) is 1.73. The van der Waals surface area contributed by atoms with Crippen molar-refractivity contribution in [3.8, 4) is 5.75 Å². The fourth-order valence-electron chi connectivity index (χ4n) is 1.23. The van der Waals surface area contributed by atoms with Crippen molar-refractivity contribution in [3.63, 3.8) is 0 Å². The average Bonchev–Trinajstić information content (AvgIpc) is 2.16. The van der Waals surface area contributed by atoms with E-state index in [2.05, 4.69) is 0 Å². The number of rotatable bonds is 3. The van der Waals surface area contributed by atoms with Crippen LogP contribution in [0.3, 0.4) is 0 Å². The van der Waals surface area contributed by atoms with Gasteiger partial charge in [0.1, 0.15) is 5.75 Å². The van der Waals surface area contributed by atoms with Crippen molar-refractivity contribution < 1.29 is 9.84 Å². The number of ether oxygens (including phenoxy) is 1. The van der Waals surface area contributed by atoms with Gasteiger partial charge in [0.2, 0.25) is 0 Å². The molecular weight excluding hydrogens is 202 g/mol. The lowest BCUT2D eigenvalue weighted by atomic mass is 10.0. The van der Waals surface area contributed by atoms with E-state index in [9.17, 15) is 5.11 Å². The van der Waals surface area contributed by atoms with Gasteiger partial charge < -0.3 is 15.6 Å².